The fraction of sp³-hybridized carbons (Fsp3) is 0.182. The van der Waals surface area contributed by atoms with Crippen molar-refractivity contribution in [1.82, 2.24) is 5.32 Å². The third-order valence-electron chi connectivity index (χ3n) is 2.36. The molecule has 0 fully saturated rings. The Morgan fingerprint density at radius 1 is 1.33 bits per heavy atom. The van der Waals surface area contributed by atoms with E-state index in [4.69, 9.17) is 0 Å². The minimum absolute atomic E-state index is 0.155. The first kappa shape index (κ1) is 9.58. The lowest BCUT2D eigenvalue weighted by Gasteiger charge is -2.17. The number of imide groups is 1. The van der Waals surface area contributed by atoms with Crippen LogP contribution in [0.2, 0.25) is 0 Å². The average molecular weight is 203 g/mol. The number of nitrogens with one attached hydrogen (secondary N) is 1. The van der Waals surface area contributed by atoms with E-state index in [-0.39, 0.29) is 18.1 Å². The smallest absolute Gasteiger partial charge is 0.258 e. The van der Waals surface area contributed by atoms with Crippen LogP contribution >= 0.6 is 0 Å². The van der Waals surface area contributed by atoms with Gasteiger partial charge in [-0.05, 0) is 12.5 Å². The molecule has 0 aromatic heterocycles. The Morgan fingerprint density at radius 3 is 2.73 bits per heavy atom. The van der Waals surface area contributed by atoms with Crippen LogP contribution in [-0.4, -0.2) is 17.6 Å². The minimum atomic E-state index is -0.480. The van der Waals surface area contributed by atoms with E-state index in [2.05, 4.69) is 5.32 Å². The molecule has 1 heterocycles. The second kappa shape index (κ2) is 3.31. The van der Waals surface area contributed by atoms with E-state index in [1.165, 1.54) is 6.92 Å². The molecule has 15 heavy (non-hydrogen) atoms. The highest BCUT2D eigenvalue weighted by Crippen LogP contribution is 2.19. The molecule has 1 N–H and O–H groups in total. The highest BCUT2D eigenvalue weighted by Gasteiger charge is 2.25. The average Bonchev–Trinajstić information content (AvgIpc) is 2.16. The number of hydrogen-bond acceptors (Lipinski definition) is 3. The van der Waals surface area contributed by atoms with Crippen LogP contribution in [-0.2, 0) is 11.2 Å². The molecule has 2 amide bonds. The standard InChI is InChI=1S/C11H9NO3/c1-6(13)8-4-2-3-7-5-9(14)12-11(15)10(7)8/h2-4H,5H2,1H3,(H,12,14,15). The third kappa shape index (κ3) is 1.54. The molecule has 0 saturated heterocycles. The van der Waals surface area contributed by atoms with E-state index in [0.29, 0.717) is 16.7 Å². The molecule has 0 saturated carbocycles. The number of fused-ring (bicyclic) bond motifs is 1. The lowest BCUT2D eigenvalue weighted by Crippen LogP contribution is -2.38. The van der Waals surface area contributed by atoms with E-state index in [1.54, 1.807) is 18.2 Å². The summed E-state index contributed by atoms with van der Waals surface area (Å²) in [7, 11) is 0. The van der Waals surface area contributed by atoms with Gasteiger partial charge in [-0.25, -0.2) is 0 Å². The Kier molecular flexibility index (Phi) is 2.11. The van der Waals surface area contributed by atoms with Gasteiger partial charge in [0.1, 0.15) is 0 Å². The molecule has 0 atom stereocenters. The maximum atomic E-state index is 11.5. The zero-order valence-electron chi connectivity index (χ0n) is 8.16. The Morgan fingerprint density at radius 2 is 2.07 bits per heavy atom. The van der Waals surface area contributed by atoms with Gasteiger partial charge in [0.2, 0.25) is 5.91 Å². The largest absolute Gasteiger partial charge is 0.294 e. The van der Waals surface area contributed by atoms with Crippen LogP contribution in [0.4, 0.5) is 0 Å². The second-order valence-electron chi connectivity index (χ2n) is 3.45. The Labute approximate surface area is 86.3 Å². The maximum absolute atomic E-state index is 11.5. The normalized spacial score (nSPS) is 14.5. The van der Waals surface area contributed by atoms with Crippen LogP contribution in [0.5, 0.6) is 0 Å². The van der Waals surface area contributed by atoms with E-state index in [1.807, 2.05) is 0 Å². The van der Waals surface area contributed by atoms with Crippen LogP contribution in [0.3, 0.4) is 0 Å². The molecule has 1 aliphatic rings. The van der Waals surface area contributed by atoms with Crippen molar-refractivity contribution >= 4 is 17.6 Å². The fourth-order valence-electron chi connectivity index (χ4n) is 1.72. The number of rotatable bonds is 1. The molecule has 0 spiro atoms. The first-order chi connectivity index (χ1) is 7.09. The molecule has 76 valence electrons. The Balaban J connectivity index is 2.64. The van der Waals surface area contributed by atoms with Gasteiger partial charge in [-0.1, -0.05) is 18.2 Å². The molecule has 2 rings (SSSR count). The van der Waals surface area contributed by atoms with Crippen molar-refractivity contribution in [2.75, 3.05) is 0 Å². The van der Waals surface area contributed by atoms with Gasteiger partial charge in [0.15, 0.2) is 5.78 Å². The summed E-state index contributed by atoms with van der Waals surface area (Å²) >= 11 is 0. The van der Waals surface area contributed by atoms with Crippen molar-refractivity contribution in [3.63, 3.8) is 0 Å². The molecule has 4 nitrogen and oxygen atoms in total. The summed E-state index contributed by atoms with van der Waals surface area (Å²) in [4.78, 5) is 33.9. The molecule has 0 unspecified atom stereocenters. The van der Waals surface area contributed by atoms with E-state index < -0.39 is 5.91 Å². The highest BCUT2D eigenvalue weighted by molar-refractivity contribution is 6.15. The van der Waals surface area contributed by atoms with Crippen LogP contribution in [0.15, 0.2) is 18.2 Å². The van der Waals surface area contributed by atoms with Gasteiger partial charge in [0, 0.05) is 5.56 Å². The van der Waals surface area contributed by atoms with Crippen LogP contribution in [0.1, 0.15) is 33.2 Å². The highest BCUT2D eigenvalue weighted by atomic mass is 16.2. The Hall–Kier alpha value is -1.97. The predicted molar refractivity (Wildman–Crippen MR) is 52.6 cm³/mol. The van der Waals surface area contributed by atoms with Crippen LogP contribution in [0, 0.1) is 0 Å². The summed E-state index contributed by atoms with van der Waals surface area (Å²) in [6, 6.07) is 4.97. The minimum Gasteiger partial charge on any atom is -0.294 e. The predicted octanol–water partition coefficient (Wildman–Crippen LogP) is 0.702. The summed E-state index contributed by atoms with van der Waals surface area (Å²) in [6.07, 6.45) is 0.155. The van der Waals surface area contributed by atoms with Crippen LogP contribution < -0.4 is 5.32 Å². The van der Waals surface area contributed by atoms with Crippen molar-refractivity contribution in [3.8, 4) is 0 Å². The molecular weight excluding hydrogens is 194 g/mol. The number of benzene rings is 1. The molecule has 4 heteroatoms. The topological polar surface area (TPSA) is 63.2 Å². The molecule has 0 radical (unpaired) electrons. The summed E-state index contributed by atoms with van der Waals surface area (Å²) < 4.78 is 0. The van der Waals surface area contributed by atoms with E-state index >= 15 is 0 Å². The number of carbonyl (C=O) groups is 3. The Bertz CT molecular complexity index is 477. The van der Waals surface area contributed by atoms with Crippen molar-refractivity contribution in [3.05, 3.63) is 34.9 Å². The van der Waals surface area contributed by atoms with Gasteiger partial charge >= 0.3 is 0 Å². The molecule has 0 bridgehead atoms. The van der Waals surface area contributed by atoms with Gasteiger partial charge in [-0.2, -0.15) is 0 Å². The number of ketones is 1. The molecular formula is C11H9NO3. The van der Waals surface area contributed by atoms with Gasteiger partial charge < -0.3 is 0 Å². The fourth-order valence-corrected chi connectivity index (χ4v) is 1.72. The summed E-state index contributed by atoms with van der Waals surface area (Å²) in [5.41, 5.74) is 1.33. The second-order valence-corrected chi connectivity index (χ2v) is 3.45. The van der Waals surface area contributed by atoms with E-state index in [9.17, 15) is 14.4 Å². The molecule has 1 aliphatic heterocycles. The van der Waals surface area contributed by atoms with Crippen molar-refractivity contribution in [2.24, 2.45) is 0 Å². The monoisotopic (exact) mass is 203 g/mol. The molecule has 1 aromatic carbocycles. The number of carbonyl (C=O) groups excluding carboxylic acids is 3. The summed E-state index contributed by atoms with van der Waals surface area (Å²) in [6.45, 7) is 1.40. The quantitative estimate of drug-likeness (QED) is 0.539. The lowest BCUT2D eigenvalue weighted by atomic mass is 9.93. The van der Waals surface area contributed by atoms with Gasteiger partial charge in [0.25, 0.3) is 5.91 Å². The summed E-state index contributed by atoms with van der Waals surface area (Å²) in [5, 5.41) is 2.20. The van der Waals surface area contributed by atoms with E-state index in [0.717, 1.165) is 0 Å². The van der Waals surface area contributed by atoms with Crippen molar-refractivity contribution < 1.29 is 14.4 Å². The zero-order chi connectivity index (χ0) is 11.0. The third-order valence-corrected chi connectivity index (χ3v) is 2.36. The van der Waals surface area contributed by atoms with Gasteiger partial charge in [-0.15, -0.1) is 0 Å². The molecule has 0 aliphatic carbocycles. The molecule has 1 aromatic rings. The van der Waals surface area contributed by atoms with Crippen molar-refractivity contribution in [2.45, 2.75) is 13.3 Å². The number of Topliss-reactive ketones (excluding diaryl/α,β-unsaturated/α-hetero) is 1. The first-order valence-electron chi connectivity index (χ1n) is 4.56. The number of hydrogen-bond donors (Lipinski definition) is 1. The number of amides is 2. The summed E-state index contributed by atoms with van der Waals surface area (Å²) in [5.74, 6) is -0.975. The zero-order valence-corrected chi connectivity index (χ0v) is 8.16. The first-order valence-corrected chi connectivity index (χ1v) is 4.56. The van der Waals surface area contributed by atoms with Gasteiger partial charge in [0.05, 0.1) is 12.0 Å². The maximum Gasteiger partial charge on any atom is 0.258 e. The SMILES string of the molecule is CC(=O)c1cccc2c1C(=O)NC(=O)C2. The van der Waals surface area contributed by atoms with Crippen LogP contribution in [0.25, 0.3) is 0 Å². The van der Waals surface area contributed by atoms with Crippen molar-refractivity contribution in [1.29, 1.82) is 0 Å². The lowest BCUT2D eigenvalue weighted by molar-refractivity contribution is -0.119. The van der Waals surface area contributed by atoms with Gasteiger partial charge in [-0.3, -0.25) is 19.7 Å².